The second kappa shape index (κ2) is 3.94. The van der Waals surface area contributed by atoms with Crippen molar-refractivity contribution >= 4 is 11.7 Å². The first kappa shape index (κ1) is 10.4. The van der Waals surface area contributed by atoms with Gasteiger partial charge in [0.2, 0.25) is 5.91 Å². The van der Waals surface area contributed by atoms with Crippen molar-refractivity contribution in [3.8, 4) is 0 Å². The molecule has 2 aliphatic rings. The third kappa shape index (κ3) is 1.94. The largest absolute Gasteiger partial charge is 0.353 e. The summed E-state index contributed by atoms with van der Waals surface area (Å²) in [5, 5.41) is 2.70. The number of nitrogens with zero attached hydrogens (tertiary/aromatic N) is 3. The van der Waals surface area contributed by atoms with E-state index in [0.717, 1.165) is 12.8 Å². The molecular weight excluding hydrogens is 223 g/mol. The van der Waals surface area contributed by atoms with Gasteiger partial charge in [-0.2, -0.15) is 0 Å². The molecule has 1 aromatic rings. The Hall–Kier alpha value is -1.72. The zero-order chi connectivity index (χ0) is 11.8. The maximum atomic E-state index is 14.2. The van der Waals surface area contributed by atoms with Crippen LogP contribution < -0.4 is 10.2 Å². The van der Waals surface area contributed by atoms with Crippen LogP contribution in [0.3, 0.4) is 0 Å². The van der Waals surface area contributed by atoms with Crippen molar-refractivity contribution in [3.63, 3.8) is 0 Å². The molecule has 1 aliphatic carbocycles. The average molecular weight is 236 g/mol. The van der Waals surface area contributed by atoms with E-state index in [1.807, 2.05) is 0 Å². The molecule has 1 saturated heterocycles. The van der Waals surface area contributed by atoms with Gasteiger partial charge >= 0.3 is 0 Å². The van der Waals surface area contributed by atoms with Crippen LogP contribution in [0.4, 0.5) is 10.2 Å². The van der Waals surface area contributed by atoms with Gasteiger partial charge in [-0.1, -0.05) is 0 Å². The van der Waals surface area contributed by atoms with Gasteiger partial charge in [0.1, 0.15) is 6.33 Å². The summed E-state index contributed by atoms with van der Waals surface area (Å²) >= 11 is 0. The van der Waals surface area contributed by atoms with Gasteiger partial charge in [-0.05, 0) is 12.8 Å². The van der Waals surface area contributed by atoms with E-state index in [-0.39, 0.29) is 30.0 Å². The van der Waals surface area contributed by atoms with E-state index in [4.69, 9.17) is 0 Å². The molecule has 90 valence electrons. The molecule has 0 atom stereocenters. The average Bonchev–Trinajstić information content (AvgIpc) is 3.13. The van der Waals surface area contributed by atoms with Crippen molar-refractivity contribution in [2.24, 2.45) is 0 Å². The first-order chi connectivity index (χ1) is 8.25. The second-order valence-corrected chi connectivity index (χ2v) is 4.44. The van der Waals surface area contributed by atoms with Gasteiger partial charge in [-0.15, -0.1) is 0 Å². The first-order valence-electron chi connectivity index (χ1n) is 5.78. The monoisotopic (exact) mass is 236 g/mol. The molecule has 0 aromatic carbocycles. The van der Waals surface area contributed by atoms with Crippen LogP contribution in [0.1, 0.15) is 24.5 Å². The van der Waals surface area contributed by atoms with E-state index in [1.165, 1.54) is 6.33 Å². The predicted octanol–water partition coefficient (Wildman–Crippen LogP) is 0.429. The Morgan fingerprint density at radius 3 is 2.94 bits per heavy atom. The maximum absolute atomic E-state index is 14.2. The van der Waals surface area contributed by atoms with Gasteiger partial charge in [0.25, 0.3) is 0 Å². The van der Waals surface area contributed by atoms with Crippen molar-refractivity contribution in [2.45, 2.75) is 18.8 Å². The van der Waals surface area contributed by atoms with Crippen molar-refractivity contribution in [1.82, 2.24) is 15.3 Å². The van der Waals surface area contributed by atoms with Crippen LogP contribution in [0.2, 0.25) is 0 Å². The Balaban J connectivity index is 1.91. The summed E-state index contributed by atoms with van der Waals surface area (Å²) in [7, 11) is 0. The standard InChI is InChI=1S/C11H13FN4O/c12-9-10(7-1-2-7)14-6-15-11(9)16-4-3-13-8(17)5-16/h6-7H,1-5H2,(H,13,17). The Labute approximate surface area is 98.1 Å². The molecule has 6 heteroatoms. The number of carbonyl (C=O) groups is 1. The molecule has 3 rings (SSSR count). The molecule has 0 spiro atoms. The Morgan fingerprint density at radius 2 is 2.24 bits per heavy atom. The van der Waals surface area contributed by atoms with Crippen molar-refractivity contribution in [1.29, 1.82) is 0 Å². The topological polar surface area (TPSA) is 58.1 Å². The number of anilines is 1. The minimum Gasteiger partial charge on any atom is -0.353 e. The fourth-order valence-corrected chi connectivity index (χ4v) is 2.05. The summed E-state index contributed by atoms with van der Waals surface area (Å²) in [4.78, 5) is 20.9. The van der Waals surface area contributed by atoms with E-state index in [1.54, 1.807) is 4.90 Å². The zero-order valence-electron chi connectivity index (χ0n) is 9.32. The third-order valence-electron chi connectivity index (χ3n) is 3.10. The van der Waals surface area contributed by atoms with Crippen LogP contribution in [0.25, 0.3) is 0 Å². The van der Waals surface area contributed by atoms with Crippen LogP contribution in [0, 0.1) is 5.82 Å². The fourth-order valence-electron chi connectivity index (χ4n) is 2.05. The van der Waals surface area contributed by atoms with Crippen LogP contribution in [0.15, 0.2) is 6.33 Å². The molecule has 17 heavy (non-hydrogen) atoms. The lowest BCUT2D eigenvalue weighted by Crippen LogP contribution is -2.48. The number of carbonyl (C=O) groups excluding carboxylic acids is 1. The molecule has 1 aromatic heterocycles. The molecule has 1 saturated carbocycles. The molecule has 1 amide bonds. The summed E-state index contributed by atoms with van der Waals surface area (Å²) in [5.74, 6) is 0.0547. The summed E-state index contributed by atoms with van der Waals surface area (Å²) in [6.45, 7) is 1.28. The SMILES string of the molecule is O=C1CN(c2ncnc(C3CC3)c2F)CCN1. The van der Waals surface area contributed by atoms with Crippen molar-refractivity contribution in [3.05, 3.63) is 17.8 Å². The molecule has 5 nitrogen and oxygen atoms in total. The van der Waals surface area contributed by atoms with Crippen LogP contribution in [-0.2, 0) is 4.79 Å². The summed E-state index contributed by atoms with van der Waals surface area (Å²) in [5.41, 5.74) is 0.501. The second-order valence-electron chi connectivity index (χ2n) is 4.44. The lowest BCUT2D eigenvalue weighted by Gasteiger charge is -2.27. The highest BCUT2D eigenvalue weighted by Gasteiger charge is 2.31. The maximum Gasteiger partial charge on any atom is 0.239 e. The Kier molecular flexibility index (Phi) is 2.42. The number of piperazine rings is 1. The van der Waals surface area contributed by atoms with Gasteiger partial charge in [-0.25, -0.2) is 14.4 Å². The molecule has 2 fully saturated rings. The Morgan fingerprint density at radius 1 is 1.41 bits per heavy atom. The zero-order valence-corrected chi connectivity index (χ0v) is 9.32. The normalized spacial score (nSPS) is 20.3. The summed E-state index contributed by atoms with van der Waals surface area (Å²) < 4.78 is 14.2. The van der Waals surface area contributed by atoms with E-state index >= 15 is 0 Å². The van der Waals surface area contributed by atoms with Crippen molar-refractivity contribution < 1.29 is 9.18 Å². The predicted molar refractivity (Wildman–Crippen MR) is 59.2 cm³/mol. The lowest BCUT2D eigenvalue weighted by atomic mass is 10.2. The van der Waals surface area contributed by atoms with Gasteiger partial charge < -0.3 is 10.2 Å². The van der Waals surface area contributed by atoms with Crippen LogP contribution in [-0.4, -0.2) is 35.5 Å². The number of rotatable bonds is 2. The quantitative estimate of drug-likeness (QED) is 0.809. The number of hydrogen-bond donors (Lipinski definition) is 1. The van der Waals surface area contributed by atoms with Gasteiger partial charge in [-0.3, -0.25) is 4.79 Å². The van der Waals surface area contributed by atoms with E-state index in [2.05, 4.69) is 15.3 Å². The highest BCUT2D eigenvalue weighted by atomic mass is 19.1. The highest BCUT2D eigenvalue weighted by Crippen LogP contribution is 2.41. The van der Waals surface area contributed by atoms with E-state index in [9.17, 15) is 9.18 Å². The molecule has 0 unspecified atom stereocenters. The van der Waals surface area contributed by atoms with Crippen LogP contribution in [0.5, 0.6) is 0 Å². The minimum atomic E-state index is -0.357. The molecule has 0 radical (unpaired) electrons. The number of amides is 1. The molecule has 0 bridgehead atoms. The van der Waals surface area contributed by atoms with Crippen molar-refractivity contribution in [2.75, 3.05) is 24.5 Å². The molecule has 2 heterocycles. The van der Waals surface area contributed by atoms with Gasteiger partial charge in [0.15, 0.2) is 11.6 Å². The summed E-state index contributed by atoms with van der Waals surface area (Å²) in [6, 6.07) is 0. The number of nitrogens with one attached hydrogen (secondary N) is 1. The number of aromatic nitrogens is 2. The van der Waals surface area contributed by atoms with Gasteiger partial charge in [0.05, 0.1) is 12.2 Å². The fraction of sp³-hybridized carbons (Fsp3) is 0.545. The molecule has 1 N–H and O–H groups in total. The lowest BCUT2D eigenvalue weighted by molar-refractivity contribution is -0.120. The first-order valence-corrected chi connectivity index (χ1v) is 5.78. The third-order valence-corrected chi connectivity index (χ3v) is 3.10. The van der Waals surface area contributed by atoms with Crippen LogP contribution >= 0.6 is 0 Å². The van der Waals surface area contributed by atoms with Gasteiger partial charge in [0, 0.05) is 19.0 Å². The minimum absolute atomic E-state index is 0.0952. The summed E-state index contributed by atoms with van der Waals surface area (Å²) in [6.07, 6.45) is 3.38. The number of hydrogen-bond acceptors (Lipinski definition) is 4. The Bertz CT molecular complexity index is 461. The van der Waals surface area contributed by atoms with E-state index < -0.39 is 0 Å². The highest BCUT2D eigenvalue weighted by molar-refractivity contribution is 5.82. The smallest absolute Gasteiger partial charge is 0.239 e. The van der Waals surface area contributed by atoms with E-state index in [0.29, 0.717) is 18.8 Å². The molecular formula is C11H13FN4O. The number of halogens is 1. The molecule has 1 aliphatic heterocycles.